The molecule has 0 saturated heterocycles. The summed E-state index contributed by atoms with van der Waals surface area (Å²) >= 11 is 0. The van der Waals surface area contributed by atoms with Gasteiger partial charge in [-0.15, -0.1) is 0 Å². The number of amides is 1. The summed E-state index contributed by atoms with van der Waals surface area (Å²) < 4.78 is 35.4. The highest BCUT2D eigenvalue weighted by Gasteiger charge is 2.29. The Hall–Kier alpha value is -1.40. The van der Waals surface area contributed by atoms with Crippen LogP contribution in [-0.2, 0) is 14.4 Å². The quantitative estimate of drug-likeness (QED) is 0.550. The zero-order chi connectivity index (χ0) is 12.1. The Bertz CT molecular complexity index is 262. The molecule has 0 aromatic carbocycles. The maximum atomic E-state index is 11.8. The zero-order valence-corrected chi connectivity index (χ0v) is 7.93. The fraction of sp³-hybridized carbons (Fsp3) is 0.625. The Balaban J connectivity index is 4.23. The van der Waals surface area contributed by atoms with Crippen molar-refractivity contribution in [2.24, 2.45) is 0 Å². The second-order valence-electron chi connectivity index (χ2n) is 2.94. The van der Waals surface area contributed by atoms with Crippen molar-refractivity contribution < 1.29 is 27.6 Å². The van der Waals surface area contributed by atoms with Gasteiger partial charge in [0.1, 0.15) is 0 Å². The van der Waals surface area contributed by atoms with E-state index in [0.717, 1.165) is 6.92 Å². The van der Waals surface area contributed by atoms with Crippen LogP contribution in [0.25, 0.3) is 0 Å². The summed E-state index contributed by atoms with van der Waals surface area (Å²) in [5.74, 6) is -1.72. The number of nitrogens with one attached hydrogen (secondary N) is 1. The molecular weight excluding hydrogens is 215 g/mol. The van der Waals surface area contributed by atoms with E-state index in [2.05, 4.69) is 0 Å². The van der Waals surface area contributed by atoms with Crippen LogP contribution < -0.4 is 5.32 Å². The van der Waals surface area contributed by atoms with Crippen molar-refractivity contribution in [1.29, 1.82) is 0 Å². The van der Waals surface area contributed by atoms with E-state index >= 15 is 0 Å². The van der Waals surface area contributed by atoms with Crippen molar-refractivity contribution in [2.75, 3.05) is 0 Å². The van der Waals surface area contributed by atoms with Crippen LogP contribution in [0.3, 0.4) is 0 Å². The van der Waals surface area contributed by atoms with Crippen LogP contribution in [0.5, 0.6) is 0 Å². The normalized spacial score (nSPS) is 13.1. The van der Waals surface area contributed by atoms with E-state index in [9.17, 15) is 27.6 Å². The average molecular weight is 225 g/mol. The number of carbonyl (C=O) groups excluding carboxylic acids is 3. The molecule has 0 bridgehead atoms. The predicted molar refractivity (Wildman–Crippen MR) is 44.0 cm³/mol. The highest BCUT2D eigenvalue weighted by Crippen LogP contribution is 2.22. The second-order valence-corrected chi connectivity index (χ2v) is 2.94. The van der Waals surface area contributed by atoms with Crippen molar-refractivity contribution >= 4 is 18.0 Å². The topological polar surface area (TPSA) is 63.2 Å². The number of carbonyl (C=O) groups is 3. The Morgan fingerprint density at radius 2 is 1.93 bits per heavy atom. The van der Waals surface area contributed by atoms with E-state index in [4.69, 9.17) is 0 Å². The Morgan fingerprint density at radius 1 is 1.40 bits per heavy atom. The molecule has 4 nitrogen and oxygen atoms in total. The van der Waals surface area contributed by atoms with Crippen molar-refractivity contribution in [3.63, 3.8) is 0 Å². The summed E-state index contributed by atoms with van der Waals surface area (Å²) in [6, 6.07) is -1.26. The van der Waals surface area contributed by atoms with Gasteiger partial charge >= 0.3 is 6.18 Å². The van der Waals surface area contributed by atoms with Crippen molar-refractivity contribution in [3.05, 3.63) is 0 Å². The number of ketones is 1. The summed E-state index contributed by atoms with van der Waals surface area (Å²) in [5, 5.41) is 1.88. The Morgan fingerprint density at radius 3 is 2.27 bits per heavy atom. The van der Waals surface area contributed by atoms with E-state index < -0.39 is 36.8 Å². The molecule has 86 valence electrons. The first-order chi connectivity index (χ1) is 6.76. The molecule has 15 heavy (non-hydrogen) atoms. The number of halogens is 3. The summed E-state index contributed by atoms with van der Waals surface area (Å²) in [6.07, 6.45) is -6.22. The summed E-state index contributed by atoms with van der Waals surface area (Å²) in [6.45, 7) is 1.05. The van der Waals surface area contributed by atoms with Crippen molar-refractivity contribution in [1.82, 2.24) is 5.32 Å². The van der Waals surface area contributed by atoms with Crippen LogP contribution in [0.15, 0.2) is 0 Å². The van der Waals surface area contributed by atoms with Crippen LogP contribution >= 0.6 is 0 Å². The highest BCUT2D eigenvalue weighted by atomic mass is 19.4. The molecule has 7 heteroatoms. The number of Topliss-reactive ketones (excluding diaryl/α,β-unsaturated/α-hetero) is 1. The van der Waals surface area contributed by atoms with Crippen LogP contribution in [-0.4, -0.2) is 30.2 Å². The molecule has 1 amide bonds. The minimum atomic E-state index is -4.39. The predicted octanol–water partition coefficient (Wildman–Crippen LogP) is 0.602. The fourth-order valence-electron chi connectivity index (χ4n) is 0.891. The number of hydrogen-bond acceptors (Lipinski definition) is 3. The third-order valence-electron chi connectivity index (χ3n) is 1.63. The molecular formula is C8H10F3NO3. The molecule has 0 aromatic heterocycles. The van der Waals surface area contributed by atoms with E-state index in [-0.39, 0.29) is 6.29 Å². The van der Waals surface area contributed by atoms with Crippen LogP contribution in [0.1, 0.15) is 19.8 Å². The smallest absolute Gasteiger partial charge is 0.340 e. The van der Waals surface area contributed by atoms with Crippen molar-refractivity contribution in [3.8, 4) is 0 Å². The van der Waals surface area contributed by atoms with Gasteiger partial charge in [0.25, 0.3) is 5.91 Å². The van der Waals surface area contributed by atoms with Crippen LogP contribution in [0.4, 0.5) is 13.2 Å². The molecule has 1 N–H and O–H groups in total. The maximum absolute atomic E-state index is 11.8. The molecule has 0 aliphatic rings. The first kappa shape index (κ1) is 13.6. The van der Waals surface area contributed by atoms with E-state index in [0.29, 0.717) is 0 Å². The van der Waals surface area contributed by atoms with Gasteiger partial charge in [-0.25, -0.2) is 0 Å². The molecule has 0 aliphatic heterocycles. The minimum absolute atomic E-state index is 0.0937. The summed E-state index contributed by atoms with van der Waals surface area (Å²) in [4.78, 5) is 31.3. The lowest BCUT2D eigenvalue weighted by atomic mass is 10.1. The molecule has 0 heterocycles. The molecule has 0 spiro atoms. The minimum Gasteiger partial charge on any atom is -0.340 e. The summed E-state index contributed by atoms with van der Waals surface area (Å²) in [5.41, 5.74) is 0. The number of rotatable bonds is 5. The van der Waals surface area contributed by atoms with E-state index in [1.165, 1.54) is 0 Å². The molecule has 0 fully saturated rings. The first-order valence-electron chi connectivity index (χ1n) is 4.09. The molecule has 0 radical (unpaired) electrons. The van der Waals surface area contributed by atoms with Gasteiger partial charge in [-0.1, -0.05) is 0 Å². The molecule has 1 atom stereocenters. The molecule has 0 aromatic rings. The lowest BCUT2D eigenvalue weighted by Gasteiger charge is -2.14. The third kappa shape index (κ3) is 6.64. The van der Waals surface area contributed by atoms with Gasteiger partial charge in [0.2, 0.25) is 6.29 Å². The van der Waals surface area contributed by atoms with Gasteiger partial charge in [0.05, 0.1) is 6.04 Å². The van der Waals surface area contributed by atoms with Gasteiger partial charge in [-0.2, -0.15) is 13.2 Å². The molecule has 0 aliphatic carbocycles. The zero-order valence-electron chi connectivity index (χ0n) is 7.93. The van der Waals surface area contributed by atoms with Crippen LogP contribution in [0, 0.1) is 0 Å². The second kappa shape index (κ2) is 5.47. The third-order valence-corrected chi connectivity index (χ3v) is 1.63. The Labute approximate surface area is 83.8 Å². The number of aldehydes is 1. The lowest BCUT2D eigenvalue weighted by Crippen LogP contribution is -2.40. The fourth-order valence-corrected chi connectivity index (χ4v) is 0.891. The first-order valence-corrected chi connectivity index (χ1v) is 4.09. The standard InChI is InChI=1S/C8H10F3NO3/c1-5(14)6(12-7(15)4-13)2-3-8(9,10)11/h4,6H,2-3H2,1H3,(H,12,15). The molecule has 1 unspecified atom stereocenters. The van der Waals surface area contributed by atoms with Gasteiger partial charge in [-0.05, 0) is 13.3 Å². The maximum Gasteiger partial charge on any atom is 0.389 e. The number of hydrogen-bond donors (Lipinski definition) is 1. The van der Waals surface area contributed by atoms with E-state index in [1.807, 2.05) is 5.32 Å². The number of alkyl halides is 3. The van der Waals surface area contributed by atoms with Gasteiger partial charge < -0.3 is 5.32 Å². The van der Waals surface area contributed by atoms with E-state index in [1.54, 1.807) is 0 Å². The van der Waals surface area contributed by atoms with Crippen LogP contribution in [0.2, 0.25) is 0 Å². The average Bonchev–Trinajstić information content (AvgIpc) is 2.09. The SMILES string of the molecule is CC(=O)C(CCC(F)(F)F)NC(=O)C=O. The summed E-state index contributed by atoms with van der Waals surface area (Å²) in [7, 11) is 0. The highest BCUT2D eigenvalue weighted by molar-refractivity contribution is 6.24. The van der Waals surface area contributed by atoms with Gasteiger partial charge in [-0.3, -0.25) is 14.4 Å². The monoisotopic (exact) mass is 225 g/mol. The van der Waals surface area contributed by atoms with Gasteiger partial charge in [0, 0.05) is 6.42 Å². The van der Waals surface area contributed by atoms with Gasteiger partial charge in [0.15, 0.2) is 5.78 Å². The molecule has 0 rings (SSSR count). The molecule has 0 saturated carbocycles. The van der Waals surface area contributed by atoms with Crippen molar-refractivity contribution in [2.45, 2.75) is 32.0 Å². The largest absolute Gasteiger partial charge is 0.389 e. The Kier molecular flexibility index (Phi) is 4.96. The lowest BCUT2D eigenvalue weighted by molar-refractivity contribution is -0.141.